The first-order valence-electron chi connectivity index (χ1n) is 9.21. The Balaban J connectivity index is 1.40. The number of amides is 2. The first kappa shape index (κ1) is 21.3. The Kier molecular flexibility index (Phi) is 5.94. The molecule has 1 fully saturated rings. The molecular weight excluding hydrogens is 460 g/mol. The lowest BCUT2D eigenvalue weighted by Crippen LogP contribution is -2.28. The number of aromatic nitrogens is 1. The van der Waals surface area contributed by atoms with Crippen LogP contribution in [-0.4, -0.2) is 31.8 Å². The molecule has 2 aromatic carbocycles. The fraction of sp³-hybridized carbons (Fsp3) is 0.150. The number of thiazole rings is 1. The Morgan fingerprint density at radius 1 is 1.13 bits per heavy atom. The maximum atomic E-state index is 12.6. The molecule has 0 spiro atoms. The normalized spacial score (nSPS) is 16.4. The van der Waals surface area contributed by atoms with Crippen LogP contribution in [0.2, 0.25) is 5.02 Å². The van der Waals surface area contributed by atoms with Crippen LogP contribution in [-0.2, 0) is 19.6 Å². The highest BCUT2D eigenvalue weighted by Crippen LogP contribution is 2.27. The molecule has 0 bridgehead atoms. The summed E-state index contributed by atoms with van der Waals surface area (Å²) >= 11 is 7.06. The lowest BCUT2D eigenvalue weighted by Gasteiger charge is -2.17. The minimum Gasteiger partial charge on any atom is -0.326 e. The van der Waals surface area contributed by atoms with Crippen LogP contribution >= 0.6 is 22.9 Å². The van der Waals surface area contributed by atoms with Crippen LogP contribution in [0.15, 0.2) is 65.0 Å². The molecule has 2 heterocycles. The third-order valence-corrected chi connectivity index (χ3v) is 7.14. The van der Waals surface area contributed by atoms with Gasteiger partial charge in [-0.25, -0.2) is 13.4 Å². The van der Waals surface area contributed by atoms with Gasteiger partial charge in [0.1, 0.15) is 0 Å². The van der Waals surface area contributed by atoms with Crippen molar-refractivity contribution in [3.8, 4) is 0 Å². The summed E-state index contributed by atoms with van der Waals surface area (Å²) in [7, 11) is -3.77. The molecule has 1 aliphatic rings. The number of hydrogen-bond donors (Lipinski definition) is 2. The summed E-state index contributed by atoms with van der Waals surface area (Å²) < 4.78 is 27.2. The van der Waals surface area contributed by atoms with E-state index in [1.165, 1.54) is 41.8 Å². The highest BCUT2D eigenvalue weighted by Gasteiger charge is 2.35. The van der Waals surface area contributed by atoms with Crippen LogP contribution in [0, 0.1) is 5.92 Å². The summed E-state index contributed by atoms with van der Waals surface area (Å²) in [6, 6.07) is 12.6. The minimum atomic E-state index is -3.77. The van der Waals surface area contributed by atoms with Gasteiger partial charge in [-0.15, -0.1) is 11.3 Å². The van der Waals surface area contributed by atoms with E-state index in [2.05, 4.69) is 15.0 Å². The molecule has 0 unspecified atom stereocenters. The number of carbonyl (C=O) groups is 2. The maximum Gasteiger partial charge on any atom is 0.263 e. The van der Waals surface area contributed by atoms with Crippen LogP contribution in [0.3, 0.4) is 0 Å². The first-order valence-corrected chi connectivity index (χ1v) is 11.9. The zero-order chi connectivity index (χ0) is 22.0. The summed E-state index contributed by atoms with van der Waals surface area (Å²) in [6.45, 7) is 0.260. The highest BCUT2D eigenvalue weighted by atomic mass is 35.5. The van der Waals surface area contributed by atoms with Crippen molar-refractivity contribution in [1.29, 1.82) is 0 Å². The Labute approximate surface area is 187 Å². The molecule has 1 aliphatic heterocycles. The SMILES string of the molecule is O=C(Nc1ccc(S(=O)(=O)Nc2nccs2)cc1)[C@H]1CC(=O)N(c2ccc(Cl)cc2)C1. The van der Waals surface area contributed by atoms with Gasteiger partial charge < -0.3 is 10.2 Å². The van der Waals surface area contributed by atoms with Gasteiger partial charge in [0, 0.05) is 40.9 Å². The molecule has 160 valence electrons. The molecule has 3 aromatic rings. The number of halogens is 1. The third-order valence-electron chi connectivity index (χ3n) is 4.72. The number of hydrogen-bond acceptors (Lipinski definition) is 6. The van der Waals surface area contributed by atoms with E-state index < -0.39 is 15.9 Å². The van der Waals surface area contributed by atoms with Gasteiger partial charge in [-0.05, 0) is 48.5 Å². The zero-order valence-electron chi connectivity index (χ0n) is 16.0. The molecule has 2 amide bonds. The monoisotopic (exact) mass is 476 g/mol. The summed E-state index contributed by atoms with van der Waals surface area (Å²) in [4.78, 5) is 30.5. The summed E-state index contributed by atoms with van der Waals surface area (Å²) in [5.74, 6) is -0.961. The molecule has 1 saturated heterocycles. The van der Waals surface area contributed by atoms with E-state index in [4.69, 9.17) is 11.6 Å². The molecule has 31 heavy (non-hydrogen) atoms. The average Bonchev–Trinajstić information content (AvgIpc) is 3.38. The highest BCUT2D eigenvalue weighted by molar-refractivity contribution is 7.93. The topological polar surface area (TPSA) is 108 Å². The number of benzene rings is 2. The van der Waals surface area contributed by atoms with Crippen LogP contribution in [0.5, 0.6) is 0 Å². The van der Waals surface area contributed by atoms with E-state index in [1.54, 1.807) is 34.5 Å². The predicted molar refractivity (Wildman–Crippen MR) is 120 cm³/mol. The predicted octanol–water partition coefficient (Wildman–Crippen LogP) is 3.59. The second-order valence-corrected chi connectivity index (χ2v) is 9.85. The fourth-order valence-corrected chi connectivity index (χ4v) is 5.08. The lowest BCUT2D eigenvalue weighted by atomic mass is 10.1. The van der Waals surface area contributed by atoms with Gasteiger partial charge in [0.25, 0.3) is 10.0 Å². The number of sulfonamides is 1. The zero-order valence-corrected chi connectivity index (χ0v) is 18.4. The van der Waals surface area contributed by atoms with Crippen LogP contribution < -0.4 is 14.9 Å². The molecule has 0 aliphatic carbocycles. The molecule has 1 aromatic heterocycles. The van der Waals surface area contributed by atoms with Crippen molar-refractivity contribution in [2.45, 2.75) is 11.3 Å². The second-order valence-electron chi connectivity index (χ2n) is 6.84. The van der Waals surface area contributed by atoms with Crippen molar-refractivity contribution in [3.05, 3.63) is 65.1 Å². The van der Waals surface area contributed by atoms with E-state index >= 15 is 0 Å². The Morgan fingerprint density at radius 3 is 2.48 bits per heavy atom. The fourth-order valence-electron chi connectivity index (χ4n) is 3.16. The second kappa shape index (κ2) is 8.66. The quantitative estimate of drug-likeness (QED) is 0.565. The van der Waals surface area contributed by atoms with Crippen LogP contribution in [0.4, 0.5) is 16.5 Å². The van der Waals surface area contributed by atoms with Crippen LogP contribution in [0.25, 0.3) is 0 Å². The average molecular weight is 477 g/mol. The van der Waals surface area contributed by atoms with E-state index in [1.807, 2.05) is 0 Å². The molecule has 0 radical (unpaired) electrons. The van der Waals surface area contributed by atoms with Gasteiger partial charge in [0.15, 0.2) is 5.13 Å². The van der Waals surface area contributed by atoms with Gasteiger partial charge in [0.2, 0.25) is 11.8 Å². The summed E-state index contributed by atoms with van der Waals surface area (Å²) in [5.41, 5.74) is 1.13. The smallest absolute Gasteiger partial charge is 0.263 e. The van der Waals surface area contributed by atoms with E-state index in [0.717, 1.165) is 0 Å². The van der Waals surface area contributed by atoms with Gasteiger partial charge in [-0.3, -0.25) is 14.3 Å². The standard InChI is InChI=1S/C20H17ClN4O4S2/c21-14-1-5-16(6-2-14)25-12-13(11-18(25)26)19(27)23-15-3-7-17(8-4-15)31(28,29)24-20-22-9-10-30-20/h1-10,13H,11-12H2,(H,22,24)(H,23,27)/t13-/m0/s1. The van der Waals surface area contributed by atoms with E-state index in [-0.39, 0.29) is 34.8 Å². The van der Waals surface area contributed by atoms with Crippen molar-refractivity contribution in [1.82, 2.24) is 4.98 Å². The number of nitrogens with zero attached hydrogens (tertiary/aromatic N) is 2. The van der Waals surface area contributed by atoms with Crippen molar-refractivity contribution >= 4 is 61.3 Å². The molecule has 0 saturated carbocycles. The van der Waals surface area contributed by atoms with Gasteiger partial charge in [-0.1, -0.05) is 11.6 Å². The Bertz CT molecular complexity index is 1200. The summed E-state index contributed by atoms with van der Waals surface area (Å²) in [6.07, 6.45) is 1.60. The summed E-state index contributed by atoms with van der Waals surface area (Å²) in [5, 5.41) is 5.25. The lowest BCUT2D eigenvalue weighted by molar-refractivity contribution is -0.122. The van der Waals surface area contributed by atoms with Crippen molar-refractivity contribution in [2.24, 2.45) is 5.92 Å². The van der Waals surface area contributed by atoms with Crippen LogP contribution in [0.1, 0.15) is 6.42 Å². The largest absolute Gasteiger partial charge is 0.326 e. The van der Waals surface area contributed by atoms with Crippen molar-refractivity contribution in [2.75, 3.05) is 21.5 Å². The van der Waals surface area contributed by atoms with E-state index in [0.29, 0.717) is 16.4 Å². The van der Waals surface area contributed by atoms with Gasteiger partial charge in [0.05, 0.1) is 10.8 Å². The third kappa shape index (κ3) is 4.87. The molecule has 8 nitrogen and oxygen atoms in total. The minimum absolute atomic E-state index is 0.0469. The number of rotatable bonds is 6. The van der Waals surface area contributed by atoms with Crippen molar-refractivity contribution < 1.29 is 18.0 Å². The molecule has 2 N–H and O–H groups in total. The number of nitrogens with one attached hydrogen (secondary N) is 2. The molecule has 1 atom stereocenters. The van der Waals surface area contributed by atoms with Gasteiger partial charge >= 0.3 is 0 Å². The molecule has 11 heteroatoms. The number of carbonyl (C=O) groups excluding carboxylic acids is 2. The first-order chi connectivity index (χ1) is 14.8. The van der Waals surface area contributed by atoms with Crippen molar-refractivity contribution in [3.63, 3.8) is 0 Å². The Morgan fingerprint density at radius 2 is 1.84 bits per heavy atom. The molecule has 4 rings (SSSR count). The Hall–Kier alpha value is -2.95. The number of anilines is 3. The van der Waals surface area contributed by atoms with E-state index in [9.17, 15) is 18.0 Å². The molecular formula is C20H17ClN4O4S2. The van der Waals surface area contributed by atoms with Gasteiger partial charge in [-0.2, -0.15) is 0 Å². The maximum absolute atomic E-state index is 12.6.